The van der Waals surface area contributed by atoms with Crippen molar-refractivity contribution in [2.45, 2.75) is 52.1 Å². The molecule has 1 aromatic heterocycles. The van der Waals surface area contributed by atoms with Crippen LogP contribution in [0.4, 0.5) is 0 Å². The van der Waals surface area contributed by atoms with Crippen molar-refractivity contribution in [3.63, 3.8) is 0 Å². The quantitative estimate of drug-likeness (QED) is 0.749. The summed E-state index contributed by atoms with van der Waals surface area (Å²) in [7, 11) is 0. The highest BCUT2D eigenvalue weighted by Gasteiger charge is 2.16. The Kier molecular flexibility index (Phi) is 3.99. The van der Waals surface area contributed by atoms with E-state index >= 15 is 0 Å². The maximum absolute atomic E-state index is 4.33. The summed E-state index contributed by atoms with van der Waals surface area (Å²) in [5.74, 6) is 1.01. The molecule has 0 saturated heterocycles. The Balaban J connectivity index is 1.64. The number of hydrogen-bond donors (Lipinski definition) is 1. The molecule has 0 amide bonds. The van der Waals surface area contributed by atoms with Crippen molar-refractivity contribution >= 4 is 0 Å². The predicted octanol–water partition coefficient (Wildman–Crippen LogP) is 2.74. The molecule has 0 atom stereocenters. The van der Waals surface area contributed by atoms with Crippen molar-refractivity contribution in [2.75, 3.05) is 6.54 Å². The van der Waals surface area contributed by atoms with E-state index in [1.54, 1.807) is 0 Å². The van der Waals surface area contributed by atoms with E-state index in [4.69, 9.17) is 0 Å². The van der Waals surface area contributed by atoms with Gasteiger partial charge in [0.2, 0.25) is 0 Å². The van der Waals surface area contributed by atoms with Crippen LogP contribution in [0.15, 0.2) is 12.4 Å². The van der Waals surface area contributed by atoms with Gasteiger partial charge in [0.1, 0.15) is 0 Å². The summed E-state index contributed by atoms with van der Waals surface area (Å²) >= 11 is 0. The van der Waals surface area contributed by atoms with Crippen LogP contribution in [-0.2, 0) is 6.54 Å². The number of aromatic nitrogens is 2. The lowest BCUT2D eigenvalue weighted by Crippen LogP contribution is -2.20. The average molecular weight is 221 g/mol. The highest BCUT2D eigenvalue weighted by Crippen LogP contribution is 2.28. The Hall–Kier alpha value is -0.830. The van der Waals surface area contributed by atoms with Crippen molar-refractivity contribution in [1.82, 2.24) is 15.1 Å². The normalized spacial score (nSPS) is 16.7. The van der Waals surface area contributed by atoms with Gasteiger partial charge >= 0.3 is 0 Å². The monoisotopic (exact) mass is 221 g/mol. The van der Waals surface area contributed by atoms with Crippen LogP contribution >= 0.6 is 0 Å². The first-order valence-electron chi connectivity index (χ1n) is 6.49. The summed E-state index contributed by atoms with van der Waals surface area (Å²) in [4.78, 5) is 0. The van der Waals surface area contributed by atoms with Crippen LogP contribution in [0.3, 0.4) is 0 Å². The molecule has 0 bridgehead atoms. The summed E-state index contributed by atoms with van der Waals surface area (Å²) in [6.45, 7) is 6.42. The number of nitrogens with zero attached hydrogens (tertiary/aromatic N) is 2. The predicted molar refractivity (Wildman–Crippen MR) is 66.3 cm³/mol. The van der Waals surface area contributed by atoms with Crippen LogP contribution in [0, 0.1) is 5.92 Å². The molecule has 0 spiro atoms. The number of rotatable bonds is 6. The van der Waals surface area contributed by atoms with Gasteiger partial charge in [-0.1, -0.05) is 19.3 Å². The number of nitrogens with one attached hydrogen (secondary N) is 1. The molecule has 90 valence electrons. The summed E-state index contributed by atoms with van der Waals surface area (Å²) in [5.41, 5.74) is 1.29. The molecule has 0 aromatic carbocycles. The minimum Gasteiger partial charge on any atom is -0.313 e. The third-order valence-electron chi connectivity index (χ3n) is 3.47. The zero-order valence-electron chi connectivity index (χ0n) is 10.4. The van der Waals surface area contributed by atoms with Crippen LogP contribution in [0.25, 0.3) is 0 Å². The third kappa shape index (κ3) is 3.08. The number of hydrogen-bond acceptors (Lipinski definition) is 2. The van der Waals surface area contributed by atoms with Gasteiger partial charge in [0.05, 0.1) is 6.20 Å². The maximum Gasteiger partial charge on any atom is 0.0534 e. The van der Waals surface area contributed by atoms with E-state index in [9.17, 15) is 0 Å². The molecule has 1 aliphatic carbocycles. The second kappa shape index (κ2) is 5.48. The molecule has 2 rings (SSSR count). The van der Waals surface area contributed by atoms with Crippen LogP contribution < -0.4 is 5.32 Å². The molecule has 3 nitrogen and oxygen atoms in total. The second-order valence-electron chi connectivity index (χ2n) is 5.18. The van der Waals surface area contributed by atoms with E-state index in [0.717, 1.165) is 19.0 Å². The van der Waals surface area contributed by atoms with Gasteiger partial charge in [0.25, 0.3) is 0 Å². The van der Waals surface area contributed by atoms with E-state index < -0.39 is 0 Å². The molecule has 3 heteroatoms. The molecule has 1 aromatic rings. The molecule has 1 N–H and O–H groups in total. The SMILES string of the molecule is CC(C)n1cc(CNCCC2CCC2)cn1. The van der Waals surface area contributed by atoms with Crippen LogP contribution in [0.1, 0.15) is 51.1 Å². The van der Waals surface area contributed by atoms with E-state index in [1.165, 1.54) is 31.2 Å². The highest BCUT2D eigenvalue weighted by molar-refractivity contribution is 5.03. The lowest BCUT2D eigenvalue weighted by molar-refractivity contribution is 0.292. The van der Waals surface area contributed by atoms with Gasteiger partial charge in [-0.25, -0.2) is 0 Å². The lowest BCUT2D eigenvalue weighted by Gasteiger charge is -2.25. The van der Waals surface area contributed by atoms with Crippen molar-refractivity contribution < 1.29 is 0 Å². The Morgan fingerprint density at radius 1 is 1.50 bits per heavy atom. The van der Waals surface area contributed by atoms with Gasteiger partial charge in [-0.05, 0) is 32.7 Å². The molecular weight excluding hydrogens is 198 g/mol. The third-order valence-corrected chi connectivity index (χ3v) is 3.47. The van der Waals surface area contributed by atoms with E-state index in [2.05, 4.69) is 30.5 Å². The Morgan fingerprint density at radius 3 is 2.88 bits per heavy atom. The van der Waals surface area contributed by atoms with Gasteiger partial charge in [-0.15, -0.1) is 0 Å². The van der Waals surface area contributed by atoms with Crippen molar-refractivity contribution in [3.8, 4) is 0 Å². The minimum atomic E-state index is 0.462. The Morgan fingerprint density at radius 2 is 2.31 bits per heavy atom. The molecule has 0 radical (unpaired) electrons. The first kappa shape index (κ1) is 11.6. The zero-order chi connectivity index (χ0) is 11.4. The van der Waals surface area contributed by atoms with Crippen molar-refractivity contribution in [2.24, 2.45) is 5.92 Å². The minimum absolute atomic E-state index is 0.462. The smallest absolute Gasteiger partial charge is 0.0534 e. The van der Waals surface area contributed by atoms with Crippen LogP contribution in [0.2, 0.25) is 0 Å². The maximum atomic E-state index is 4.33. The topological polar surface area (TPSA) is 29.9 Å². The summed E-state index contributed by atoms with van der Waals surface area (Å²) in [5, 5.41) is 7.83. The van der Waals surface area contributed by atoms with Crippen molar-refractivity contribution in [3.05, 3.63) is 18.0 Å². The van der Waals surface area contributed by atoms with Gasteiger partial charge in [-0.3, -0.25) is 4.68 Å². The molecule has 1 heterocycles. The molecule has 1 aliphatic rings. The van der Waals surface area contributed by atoms with Gasteiger partial charge in [0, 0.05) is 24.3 Å². The molecule has 16 heavy (non-hydrogen) atoms. The first-order chi connectivity index (χ1) is 7.75. The van der Waals surface area contributed by atoms with Gasteiger partial charge in [-0.2, -0.15) is 5.10 Å². The first-order valence-corrected chi connectivity index (χ1v) is 6.49. The standard InChI is InChI=1S/C13H23N3/c1-11(2)16-10-13(9-15-16)8-14-7-6-12-4-3-5-12/h9-12,14H,3-8H2,1-2H3. The molecule has 1 fully saturated rings. The fraction of sp³-hybridized carbons (Fsp3) is 0.769. The van der Waals surface area contributed by atoms with Crippen molar-refractivity contribution in [1.29, 1.82) is 0 Å². The summed E-state index contributed by atoms with van der Waals surface area (Å²) < 4.78 is 2.02. The van der Waals surface area contributed by atoms with Gasteiger partial charge < -0.3 is 5.32 Å². The largest absolute Gasteiger partial charge is 0.313 e. The van der Waals surface area contributed by atoms with Crippen LogP contribution in [0.5, 0.6) is 0 Å². The Bertz CT molecular complexity index is 313. The summed E-state index contributed by atoms with van der Waals surface area (Å²) in [6.07, 6.45) is 9.81. The van der Waals surface area contributed by atoms with E-state index in [1.807, 2.05) is 10.9 Å². The van der Waals surface area contributed by atoms with Crippen LogP contribution in [-0.4, -0.2) is 16.3 Å². The van der Waals surface area contributed by atoms with E-state index in [-0.39, 0.29) is 0 Å². The Labute approximate surface area is 98.2 Å². The second-order valence-corrected chi connectivity index (χ2v) is 5.18. The fourth-order valence-corrected chi connectivity index (χ4v) is 2.07. The lowest BCUT2D eigenvalue weighted by atomic mass is 9.83. The molecule has 0 unspecified atom stereocenters. The highest BCUT2D eigenvalue weighted by atomic mass is 15.3. The molecule has 0 aliphatic heterocycles. The molecule has 1 saturated carbocycles. The van der Waals surface area contributed by atoms with Gasteiger partial charge in [0.15, 0.2) is 0 Å². The molecular formula is C13H23N3. The average Bonchev–Trinajstić information content (AvgIpc) is 2.63. The van der Waals surface area contributed by atoms with E-state index in [0.29, 0.717) is 6.04 Å². The fourth-order valence-electron chi connectivity index (χ4n) is 2.07. The zero-order valence-corrected chi connectivity index (χ0v) is 10.4. The summed E-state index contributed by atoms with van der Waals surface area (Å²) in [6, 6.07) is 0.462.